The van der Waals surface area contributed by atoms with Crippen LogP contribution in [0.15, 0.2) is 29.3 Å². The largest absolute Gasteiger partial charge is 0.416 e. The fourth-order valence-corrected chi connectivity index (χ4v) is 4.27. The molecule has 1 aliphatic heterocycles. The fourth-order valence-electron chi connectivity index (χ4n) is 2.90. The molecule has 160 valence electrons. The molecule has 0 bridgehead atoms. The summed E-state index contributed by atoms with van der Waals surface area (Å²) in [5.41, 5.74) is 0.101. The Morgan fingerprint density at radius 2 is 1.86 bits per heavy atom. The molecule has 0 amide bonds. The maximum atomic E-state index is 12.6. The van der Waals surface area contributed by atoms with Gasteiger partial charge in [0.1, 0.15) is 0 Å². The van der Waals surface area contributed by atoms with E-state index in [-0.39, 0.29) is 29.7 Å². The van der Waals surface area contributed by atoms with Crippen molar-refractivity contribution in [1.29, 1.82) is 0 Å². The summed E-state index contributed by atoms with van der Waals surface area (Å²) in [6.07, 6.45) is -3.83. The molecule has 5 nitrogen and oxygen atoms in total. The molecule has 1 saturated heterocycles. The number of nitrogens with zero attached hydrogens (tertiary/aromatic N) is 2. The molecule has 1 aromatic rings. The van der Waals surface area contributed by atoms with E-state index >= 15 is 0 Å². The van der Waals surface area contributed by atoms with Crippen LogP contribution >= 0.6 is 24.0 Å². The first-order chi connectivity index (χ1) is 12.5. The average Bonchev–Trinajstić information content (AvgIpc) is 2.56. The lowest BCUT2D eigenvalue weighted by molar-refractivity contribution is -0.137. The number of hydrogen-bond donors (Lipinski definition) is 1. The number of guanidine groups is 1. The monoisotopic (exact) mass is 533 g/mol. The van der Waals surface area contributed by atoms with Gasteiger partial charge >= 0.3 is 6.18 Å². The highest BCUT2D eigenvalue weighted by molar-refractivity contribution is 14.0. The van der Waals surface area contributed by atoms with E-state index in [0.29, 0.717) is 38.6 Å². The van der Waals surface area contributed by atoms with Crippen molar-refractivity contribution in [1.82, 2.24) is 10.2 Å². The summed E-state index contributed by atoms with van der Waals surface area (Å²) in [5.74, 6) is 0.705. The Balaban J connectivity index is 0.00000392. The summed E-state index contributed by atoms with van der Waals surface area (Å²) in [6.45, 7) is 7.11. The molecule has 10 heteroatoms. The minimum absolute atomic E-state index is 0. The van der Waals surface area contributed by atoms with Crippen molar-refractivity contribution in [2.24, 2.45) is 4.99 Å². The summed E-state index contributed by atoms with van der Waals surface area (Å²) in [5, 5.41) is 3.17. The van der Waals surface area contributed by atoms with Gasteiger partial charge in [-0.15, -0.1) is 24.0 Å². The molecule has 0 aliphatic carbocycles. The van der Waals surface area contributed by atoms with E-state index in [9.17, 15) is 21.6 Å². The van der Waals surface area contributed by atoms with E-state index in [1.54, 1.807) is 13.8 Å². The maximum absolute atomic E-state index is 12.6. The van der Waals surface area contributed by atoms with Crippen LogP contribution in [0, 0.1) is 0 Å². The summed E-state index contributed by atoms with van der Waals surface area (Å²) >= 11 is 0. The van der Waals surface area contributed by atoms with Crippen LogP contribution in [0.5, 0.6) is 0 Å². The summed E-state index contributed by atoms with van der Waals surface area (Å²) in [6, 6.07) is 5.06. The summed E-state index contributed by atoms with van der Waals surface area (Å²) < 4.78 is 61.3. The molecule has 1 aliphatic rings. The molecule has 1 N–H and O–H groups in total. The second-order valence-electron chi connectivity index (χ2n) is 7.18. The molecule has 0 atom stereocenters. The van der Waals surface area contributed by atoms with E-state index in [0.717, 1.165) is 17.7 Å². The number of nitrogens with one attached hydrogen (secondary N) is 1. The first kappa shape index (κ1) is 25.0. The van der Waals surface area contributed by atoms with Crippen LogP contribution in [-0.2, 0) is 22.4 Å². The van der Waals surface area contributed by atoms with Crippen molar-refractivity contribution in [2.45, 2.75) is 38.1 Å². The highest BCUT2D eigenvalue weighted by Gasteiger charge is 2.40. The molecule has 28 heavy (non-hydrogen) atoms. The summed E-state index contributed by atoms with van der Waals surface area (Å²) in [4.78, 5) is 6.46. The number of hydrogen-bond acceptors (Lipinski definition) is 3. The van der Waals surface area contributed by atoms with E-state index in [1.165, 1.54) is 12.1 Å². The first-order valence-electron chi connectivity index (χ1n) is 8.88. The van der Waals surface area contributed by atoms with Crippen LogP contribution in [0.3, 0.4) is 0 Å². The Morgan fingerprint density at radius 3 is 2.36 bits per heavy atom. The molecule has 0 saturated carbocycles. The second kappa shape index (κ2) is 9.64. The Hall–Kier alpha value is -1.04. The van der Waals surface area contributed by atoms with E-state index in [2.05, 4.69) is 10.3 Å². The first-order valence-corrected chi connectivity index (χ1v) is 10.5. The second-order valence-corrected chi connectivity index (χ2v) is 9.92. The van der Waals surface area contributed by atoms with Gasteiger partial charge in [-0.25, -0.2) is 8.42 Å². The average molecular weight is 533 g/mol. The van der Waals surface area contributed by atoms with Gasteiger partial charge in [-0.1, -0.05) is 12.1 Å². The van der Waals surface area contributed by atoms with E-state index < -0.39 is 26.3 Å². The Kier molecular flexibility index (Phi) is 8.61. The van der Waals surface area contributed by atoms with Crippen molar-refractivity contribution in [3.63, 3.8) is 0 Å². The normalized spacial score (nSPS) is 19.1. The zero-order chi connectivity index (χ0) is 20.3. The number of rotatable bonds is 4. The van der Waals surface area contributed by atoms with E-state index in [1.807, 2.05) is 11.8 Å². The van der Waals surface area contributed by atoms with Crippen LogP contribution in [0.4, 0.5) is 13.2 Å². The zero-order valence-corrected chi connectivity index (χ0v) is 19.4. The topological polar surface area (TPSA) is 61.8 Å². The standard InChI is InChI=1S/C18H26F3N3O2S.HI/c1-4-22-16(24-11-12-27(25,26)17(2,3)13-24)23-10-9-14-5-7-15(8-6-14)18(19,20)21;/h5-8H,4,9-13H2,1-3H3,(H,22,23);1H. The van der Waals surface area contributed by atoms with Crippen molar-refractivity contribution in [2.75, 3.05) is 31.9 Å². The van der Waals surface area contributed by atoms with Gasteiger partial charge in [0.25, 0.3) is 0 Å². The fraction of sp³-hybridized carbons (Fsp3) is 0.611. The van der Waals surface area contributed by atoms with Gasteiger partial charge in [0.05, 0.1) is 16.1 Å². The zero-order valence-electron chi connectivity index (χ0n) is 16.2. The minimum atomic E-state index is -4.34. The van der Waals surface area contributed by atoms with Crippen LogP contribution in [-0.4, -0.2) is 56.0 Å². The molecular weight excluding hydrogens is 506 g/mol. The lowest BCUT2D eigenvalue weighted by atomic mass is 10.1. The van der Waals surface area contributed by atoms with E-state index in [4.69, 9.17) is 0 Å². The Bertz CT molecular complexity index is 778. The number of halogens is 4. The van der Waals surface area contributed by atoms with Gasteiger partial charge in [0.15, 0.2) is 15.8 Å². The van der Waals surface area contributed by atoms with Crippen molar-refractivity contribution < 1.29 is 21.6 Å². The molecule has 0 unspecified atom stereocenters. The maximum Gasteiger partial charge on any atom is 0.416 e. The van der Waals surface area contributed by atoms with Gasteiger partial charge in [0.2, 0.25) is 0 Å². The number of alkyl halides is 3. The minimum Gasteiger partial charge on any atom is -0.357 e. The third-order valence-electron chi connectivity index (χ3n) is 4.62. The van der Waals surface area contributed by atoms with Crippen molar-refractivity contribution in [3.05, 3.63) is 35.4 Å². The van der Waals surface area contributed by atoms with Gasteiger partial charge < -0.3 is 10.2 Å². The Morgan fingerprint density at radius 1 is 1.25 bits per heavy atom. The third kappa shape index (κ3) is 6.23. The molecule has 1 aromatic carbocycles. The summed E-state index contributed by atoms with van der Waals surface area (Å²) in [7, 11) is -3.14. The smallest absolute Gasteiger partial charge is 0.357 e. The number of aliphatic imine (C=N–C) groups is 1. The van der Waals surface area contributed by atoms with Gasteiger partial charge in [-0.2, -0.15) is 13.2 Å². The van der Waals surface area contributed by atoms with Crippen molar-refractivity contribution >= 4 is 39.8 Å². The van der Waals surface area contributed by atoms with Gasteiger partial charge in [-0.05, 0) is 44.9 Å². The molecule has 0 radical (unpaired) electrons. The molecule has 2 rings (SSSR count). The highest BCUT2D eigenvalue weighted by atomic mass is 127. The van der Waals surface area contributed by atoms with Gasteiger partial charge in [0, 0.05) is 26.2 Å². The van der Waals surface area contributed by atoms with Crippen LogP contribution in [0.1, 0.15) is 31.9 Å². The molecule has 0 spiro atoms. The quantitative estimate of drug-likeness (QED) is 0.367. The third-order valence-corrected chi connectivity index (χ3v) is 7.15. The Labute approximate surface area is 181 Å². The highest BCUT2D eigenvalue weighted by Crippen LogP contribution is 2.29. The predicted octanol–water partition coefficient (Wildman–Crippen LogP) is 3.34. The molecule has 1 fully saturated rings. The SMILES string of the molecule is CCNC(=NCCc1ccc(C(F)(F)F)cc1)N1CCS(=O)(=O)C(C)(C)C1.I. The van der Waals surface area contributed by atoms with Crippen LogP contribution < -0.4 is 5.32 Å². The number of sulfone groups is 1. The number of benzene rings is 1. The lowest BCUT2D eigenvalue weighted by Gasteiger charge is -2.39. The molecule has 0 aromatic heterocycles. The van der Waals surface area contributed by atoms with Crippen LogP contribution in [0.2, 0.25) is 0 Å². The van der Waals surface area contributed by atoms with Crippen molar-refractivity contribution in [3.8, 4) is 0 Å². The molecule has 1 heterocycles. The van der Waals surface area contributed by atoms with Crippen LogP contribution in [0.25, 0.3) is 0 Å². The predicted molar refractivity (Wildman–Crippen MR) is 116 cm³/mol. The lowest BCUT2D eigenvalue weighted by Crippen LogP contribution is -2.57. The molecular formula is C18H27F3IN3O2S. The van der Waals surface area contributed by atoms with Gasteiger partial charge in [-0.3, -0.25) is 4.99 Å².